The van der Waals surface area contributed by atoms with Gasteiger partial charge in [0.2, 0.25) is 0 Å². The van der Waals surface area contributed by atoms with Crippen molar-refractivity contribution in [3.63, 3.8) is 0 Å². The number of rotatable bonds is 5. The summed E-state index contributed by atoms with van der Waals surface area (Å²) in [5.74, 6) is -0.745. The highest BCUT2D eigenvalue weighted by Gasteiger charge is 2.09. The van der Waals surface area contributed by atoms with Gasteiger partial charge in [-0.25, -0.2) is 8.78 Å². The number of nitrogens with one attached hydrogen (secondary N) is 1. The van der Waals surface area contributed by atoms with Crippen molar-refractivity contribution >= 4 is 0 Å². The second kappa shape index (κ2) is 6.48. The summed E-state index contributed by atoms with van der Waals surface area (Å²) in [5, 5.41) is 3.28. The molecule has 0 spiro atoms. The Morgan fingerprint density at radius 2 is 1.95 bits per heavy atom. The lowest BCUT2D eigenvalue weighted by atomic mass is 10.1. The van der Waals surface area contributed by atoms with E-state index in [0.717, 1.165) is 30.3 Å². The molecule has 0 radical (unpaired) electrons. The van der Waals surface area contributed by atoms with Crippen LogP contribution in [0.3, 0.4) is 0 Å². The molecule has 20 heavy (non-hydrogen) atoms. The summed E-state index contributed by atoms with van der Waals surface area (Å²) in [6, 6.07) is 10.6. The first-order valence-corrected chi connectivity index (χ1v) is 6.56. The van der Waals surface area contributed by atoms with Gasteiger partial charge in [-0.1, -0.05) is 19.1 Å². The summed E-state index contributed by atoms with van der Waals surface area (Å²) in [6.45, 7) is 4.91. The molecule has 1 atom stereocenters. The number of hydrogen-bond donors (Lipinski definition) is 1. The van der Waals surface area contributed by atoms with Crippen LogP contribution in [0.4, 0.5) is 8.78 Å². The van der Waals surface area contributed by atoms with Crippen molar-refractivity contribution in [2.45, 2.75) is 19.9 Å². The predicted octanol–water partition coefficient (Wildman–Crippen LogP) is 4.43. The molecule has 2 aromatic rings. The van der Waals surface area contributed by atoms with E-state index < -0.39 is 11.6 Å². The summed E-state index contributed by atoms with van der Waals surface area (Å²) in [6.07, 6.45) is 0. The molecule has 0 aromatic heterocycles. The van der Waals surface area contributed by atoms with Gasteiger partial charge in [0, 0.05) is 12.1 Å². The van der Waals surface area contributed by atoms with E-state index in [1.54, 1.807) is 6.07 Å². The van der Waals surface area contributed by atoms with E-state index >= 15 is 0 Å². The van der Waals surface area contributed by atoms with Gasteiger partial charge in [-0.2, -0.15) is 0 Å². The van der Waals surface area contributed by atoms with Crippen molar-refractivity contribution in [2.24, 2.45) is 0 Å². The van der Waals surface area contributed by atoms with Gasteiger partial charge in [-0.3, -0.25) is 0 Å². The SMILES string of the molecule is CCNC(C)c1cccc(Oc2cc(F)ccc2F)c1. The molecule has 0 aliphatic heterocycles. The Bertz CT molecular complexity index is 586. The van der Waals surface area contributed by atoms with Crippen molar-refractivity contribution < 1.29 is 13.5 Å². The zero-order chi connectivity index (χ0) is 14.5. The fourth-order valence-electron chi connectivity index (χ4n) is 1.95. The van der Waals surface area contributed by atoms with Gasteiger partial charge in [-0.15, -0.1) is 0 Å². The van der Waals surface area contributed by atoms with E-state index in [0.29, 0.717) is 5.75 Å². The van der Waals surface area contributed by atoms with Crippen LogP contribution >= 0.6 is 0 Å². The summed E-state index contributed by atoms with van der Waals surface area (Å²) in [7, 11) is 0. The Morgan fingerprint density at radius 3 is 2.70 bits per heavy atom. The minimum atomic E-state index is -0.587. The minimum absolute atomic E-state index is 0.113. The second-order valence-electron chi connectivity index (χ2n) is 4.53. The van der Waals surface area contributed by atoms with Gasteiger partial charge in [0.25, 0.3) is 0 Å². The Kier molecular flexibility index (Phi) is 4.69. The number of hydrogen-bond acceptors (Lipinski definition) is 2. The van der Waals surface area contributed by atoms with Crippen molar-refractivity contribution in [3.8, 4) is 11.5 Å². The number of ether oxygens (including phenoxy) is 1. The third-order valence-electron chi connectivity index (χ3n) is 2.99. The molecule has 0 saturated heterocycles. The summed E-state index contributed by atoms with van der Waals surface area (Å²) in [4.78, 5) is 0. The summed E-state index contributed by atoms with van der Waals surface area (Å²) < 4.78 is 32.0. The van der Waals surface area contributed by atoms with E-state index in [9.17, 15) is 8.78 Å². The highest BCUT2D eigenvalue weighted by molar-refractivity contribution is 5.35. The topological polar surface area (TPSA) is 21.3 Å². The molecule has 0 saturated carbocycles. The molecule has 0 aliphatic carbocycles. The zero-order valence-corrected chi connectivity index (χ0v) is 11.5. The maximum absolute atomic E-state index is 13.5. The Hall–Kier alpha value is -1.94. The van der Waals surface area contributed by atoms with Crippen LogP contribution in [0.15, 0.2) is 42.5 Å². The lowest BCUT2D eigenvalue weighted by Crippen LogP contribution is -2.17. The molecule has 1 unspecified atom stereocenters. The van der Waals surface area contributed by atoms with Crippen LogP contribution < -0.4 is 10.1 Å². The van der Waals surface area contributed by atoms with Crippen LogP contribution in [0, 0.1) is 11.6 Å². The van der Waals surface area contributed by atoms with Crippen molar-refractivity contribution in [1.29, 1.82) is 0 Å². The molecule has 0 amide bonds. The van der Waals surface area contributed by atoms with Gasteiger partial charge in [0.1, 0.15) is 11.6 Å². The van der Waals surface area contributed by atoms with Crippen LogP contribution in [0.1, 0.15) is 25.5 Å². The standard InChI is InChI=1S/C16H17F2NO/c1-3-19-11(2)12-5-4-6-14(9-12)20-16-10-13(17)7-8-15(16)18/h4-11,19H,3H2,1-2H3. The average molecular weight is 277 g/mol. The fraction of sp³-hybridized carbons (Fsp3) is 0.250. The Morgan fingerprint density at radius 1 is 1.15 bits per heavy atom. The first-order chi connectivity index (χ1) is 9.60. The highest BCUT2D eigenvalue weighted by Crippen LogP contribution is 2.27. The van der Waals surface area contributed by atoms with Gasteiger partial charge in [0.15, 0.2) is 11.6 Å². The second-order valence-corrected chi connectivity index (χ2v) is 4.53. The highest BCUT2D eigenvalue weighted by atomic mass is 19.1. The number of halogens is 2. The summed E-state index contributed by atoms with van der Waals surface area (Å²) in [5.41, 5.74) is 1.03. The van der Waals surface area contributed by atoms with Crippen LogP contribution in [0.5, 0.6) is 11.5 Å². The smallest absolute Gasteiger partial charge is 0.165 e. The number of benzene rings is 2. The normalized spacial score (nSPS) is 12.2. The zero-order valence-electron chi connectivity index (χ0n) is 11.5. The van der Waals surface area contributed by atoms with Crippen molar-refractivity contribution in [1.82, 2.24) is 5.32 Å². The van der Waals surface area contributed by atoms with Crippen LogP contribution in [0.25, 0.3) is 0 Å². The third kappa shape index (κ3) is 3.54. The van der Waals surface area contributed by atoms with Crippen LogP contribution in [0.2, 0.25) is 0 Å². The van der Waals surface area contributed by atoms with E-state index in [-0.39, 0.29) is 11.8 Å². The largest absolute Gasteiger partial charge is 0.454 e. The quantitative estimate of drug-likeness (QED) is 0.873. The molecule has 0 fully saturated rings. The molecular weight excluding hydrogens is 260 g/mol. The molecule has 4 heteroatoms. The van der Waals surface area contributed by atoms with Gasteiger partial charge >= 0.3 is 0 Å². The monoisotopic (exact) mass is 277 g/mol. The molecule has 106 valence electrons. The molecule has 0 bridgehead atoms. The van der Waals surface area contributed by atoms with E-state index in [4.69, 9.17) is 4.74 Å². The average Bonchev–Trinajstić information content (AvgIpc) is 2.43. The Labute approximate surface area is 117 Å². The van der Waals surface area contributed by atoms with E-state index in [2.05, 4.69) is 5.32 Å². The summed E-state index contributed by atoms with van der Waals surface area (Å²) >= 11 is 0. The molecule has 0 heterocycles. The molecule has 2 aromatic carbocycles. The molecule has 2 rings (SSSR count). The maximum Gasteiger partial charge on any atom is 0.165 e. The molecule has 1 N–H and O–H groups in total. The maximum atomic E-state index is 13.5. The van der Waals surface area contributed by atoms with Gasteiger partial charge in [0.05, 0.1) is 0 Å². The van der Waals surface area contributed by atoms with Crippen molar-refractivity contribution in [3.05, 3.63) is 59.7 Å². The van der Waals surface area contributed by atoms with Crippen LogP contribution in [-0.2, 0) is 0 Å². The third-order valence-corrected chi connectivity index (χ3v) is 2.99. The van der Waals surface area contributed by atoms with E-state index in [1.807, 2.05) is 32.0 Å². The molecule has 0 aliphatic rings. The van der Waals surface area contributed by atoms with Crippen LogP contribution in [-0.4, -0.2) is 6.54 Å². The predicted molar refractivity (Wildman–Crippen MR) is 75.0 cm³/mol. The van der Waals surface area contributed by atoms with E-state index in [1.165, 1.54) is 0 Å². The molecule has 2 nitrogen and oxygen atoms in total. The first kappa shape index (κ1) is 14.5. The lowest BCUT2D eigenvalue weighted by Gasteiger charge is -2.14. The molecular formula is C16H17F2NO. The Balaban J connectivity index is 2.21. The lowest BCUT2D eigenvalue weighted by molar-refractivity contribution is 0.435. The fourth-order valence-corrected chi connectivity index (χ4v) is 1.95. The minimum Gasteiger partial charge on any atom is -0.454 e. The van der Waals surface area contributed by atoms with Gasteiger partial charge in [-0.05, 0) is 43.3 Å². The van der Waals surface area contributed by atoms with Crippen molar-refractivity contribution in [2.75, 3.05) is 6.54 Å². The first-order valence-electron chi connectivity index (χ1n) is 6.56. The van der Waals surface area contributed by atoms with Gasteiger partial charge < -0.3 is 10.1 Å².